The summed E-state index contributed by atoms with van der Waals surface area (Å²) in [7, 11) is 0. The summed E-state index contributed by atoms with van der Waals surface area (Å²) in [5.74, 6) is -2.08. The van der Waals surface area contributed by atoms with Crippen molar-refractivity contribution in [2.24, 2.45) is 0 Å². The SMILES string of the molecule is O=C(O)c1cnc(Nc2cccc(Br)c2)nc1C(F)(F)F. The van der Waals surface area contributed by atoms with Crippen LogP contribution in [0.2, 0.25) is 0 Å². The van der Waals surface area contributed by atoms with E-state index in [2.05, 4.69) is 31.2 Å². The molecule has 1 heterocycles. The van der Waals surface area contributed by atoms with E-state index in [-0.39, 0.29) is 5.95 Å². The number of rotatable bonds is 3. The lowest BCUT2D eigenvalue weighted by Gasteiger charge is -2.11. The van der Waals surface area contributed by atoms with Crippen LogP contribution in [0.15, 0.2) is 34.9 Å². The highest BCUT2D eigenvalue weighted by atomic mass is 79.9. The molecule has 110 valence electrons. The minimum atomic E-state index is -4.88. The molecule has 5 nitrogen and oxygen atoms in total. The zero-order valence-electron chi connectivity index (χ0n) is 10.1. The van der Waals surface area contributed by atoms with Crippen molar-refractivity contribution in [2.75, 3.05) is 5.32 Å². The first-order chi connectivity index (χ1) is 9.77. The molecule has 0 fully saturated rings. The van der Waals surface area contributed by atoms with Crippen molar-refractivity contribution < 1.29 is 23.1 Å². The summed E-state index contributed by atoms with van der Waals surface area (Å²) >= 11 is 3.21. The van der Waals surface area contributed by atoms with Gasteiger partial charge in [0.15, 0.2) is 5.69 Å². The van der Waals surface area contributed by atoms with Gasteiger partial charge in [-0.2, -0.15) is 13.2 Å². The van der Waals surface area contributed by atoms with Crippen LogP contribution in [0.25, 0.3) is 0 Å². The van der Waals surface area contributed by atoms with E-state index in [4.69, 9.17) is 5.11 Å². The van der Waals surface area contributed by atoms with Crippen LogP contribution in [-0.2, 0) is 6.18 Å². The third-order valence-corrected chi connectivity index (χ3v) is 2.86. The topological polar surface area (TPSA) is 75.1 Å². The first kappa shape index (κ1) is 15.2. The van der Waals surface area contributed by atoms with Crippen molar-refractivity contribution in [1.82, 2.24) is 9.97 Å². The second kappa shape index (κ2) is 5.68. The molecule has 2 N–H and O–H groups in total. The number of anilines is 2. The molecular weight excluding hydrogens is 355 g/mol. The van der Waals surface area contributed by atoms with Crippen molar-refractivity contribution in [3.63, 3.8) is 0 Å². The van der Waals surface area contributed by atoms with Gasteiger partial charge in [-0.15, -0.1) is 0 Å². The number of halogens is 4. The van der Waals surface area contributed by atoms with Gasteiger partial charge in [0.05, 0.1) is 0 Å². The monoisotopic (exact) mass is 361 g/mol. The van der Waals surface area contributed by atoms with Crippen LogP contribution in [0.5, 0.6) is 0 Å². The fourth-order valence-electron chi connectivity index (χ4n) is 1.51. The molecule has 21 heavy (non-hydrogen) atoms. The smallest absolute Gasteiger partial charge is 0.434 e. The van der Waals surface area contributed by atoms with Crippen LogP contribution in [0.3, 0.4) is 0 Å². The number of benzene rings is 1. The van der Waals surface area contributed by atoms with Crippen molar-refractivity contribution >= 4 is 33.5 Å². The molecular formula is C12H7BrF3N3O2. The molecule has 2 aromatic rings. The van der Waals surface area contributed by atoms with E-state index in [9.17, 15) is 18.0 Å². The second-order valence-corrected chi connectivity index (χ2v) is 4.81. The van der Waals surface area contributed by atoms with Crippen LogP contribution in [-0.4, -0.2) is 21.0 Å². The number of nitrogens with one attached hydrogen (secondary N) is 1. The highest BCUT2D eigenvalue weighted by Crippen LogP contribution is 2.31. The number of hydrogen-bond acceptors (Lipinski definition) is 4. The van der Waals surface area contributed by atoms with E-state index < -0.39 is 23.4 Å². The Morgan fingerprint density at radius 3 is 2.62 bits per heavy atom. The summed E-state index contributed by atoms with van der Waals surface area (Å²) < 4.78 is 39.1. The lowest BCUT2D eigenvalue weighted by molar-refractivity contribution is -0.141. The Bertz CT molecular complexity index is 692. The highest BCUT2D eigenvalue weighted by Gasteiger charge is 2.38. The Morgan fingerprint density at radius 2 is 2.05 bits per heavy atom. The standard InChI is InChI=1S/C12H7BrF3N3O2/c13-6-2-1-3-7(4-6)18-11-17-5-8(10(20)21)9(19-11)12(14,15)16/h1-5H,(H,20,21)(H,17,18,19). The van der Waals surface area contributed by atoms with Crippen LogP contribution in [0, 0.1) is 0 Å². The Hall–Kier alpha value is -2.16. The molecule has 0 spiro atoms. The number of aromatic nitrogens is 2. The zero-order valence-corrected chi connectivity index (χ0v) is 11.7. The van der Waals surface area contributed by atoms with Gasteiger partial charge in [0, 0.05) is 16.4 Å². The fourth-order valence-corrected chi connectivity index (χ4v) is 1.91. The molecule has 1 aromatic heterocycles. The number of nitrogens with zero attached hydrogens (tertiary/aromatic N) is 2. The van der Waals surface area contributed by atoms with Gasteiger partial charge in [0.25, 0.3) is 0 Å². The summed E-state index contributed by atoms with van der Waals surface area (Å²) in [4.78, 5) is 17.6. The average molecular weight is 362 g/mol. The van der Waals surface area contributed by atoms with Crippen LogP contribution >= 0.6 is 15.9 Å². The Balaban J connectivity index is 2.40. The van der Waals surface area contributed by atoms with Crippen molar-refractivity contribution in [2.45, 2.75) is 6.18 Å². The molecule has 0 atom stereocenters. The van der Waals surface area contributed by atoms with E-state index in [1.807, 2.05) is 0 Å². The Morgan fingerprint density at radius 1 is 1.33 bits per heavy atom. The van der Waals surface area contributed by atoms with Gasteiger partial charge in [0.1, 0.15) is 5.56 Å². The lowest BCUT2D eigenvalue weighted by atomic mass is 10.2. The molecule has 0 bridgehead atoms. The maximum absolute atomic E-state index is 12.8. The van der Waals surface area contributed by atoms with E-state index >= 15 is 0 Å². The van der Waals surface area contributed by atoms with E-state index in [0.717, 1.165) is 0 Å². The minimum absolute atomic E-state index is 0.342. The molecule has 0 saturated carbocycles. The quantitative estimate of drug-likeness (QED) is 0.871. The maximum atomic E-state index is 12.8. The molecule has 1 aromatic carbocycles. The molecule has 0 unspecified atom stereocenters. The van der Waals surface area contributed by atoms with Crippen molar-refractivity contribution in [1.29, 1.82) is 0 Å². The number of alkyl halides is 3. The molecule has 0 aliphatic heterocycles. The number of carboxylic acids is 1. The normalized spacial score (nSPS) is 11.2. The predicted octanol–water partition coefficient (Wildman–Crippen LogP) is 3.70. The molecule has 0 saturated heterocycles. The number of carbonyl (C=O) groups is 1. The molecule has 2 rings (SSSR count). The number of aromatic carboxylic acids is 1. The third kappa shape index (κ3) is 3.69. The fraction of sp³-hybridized carbons (Fsp3) is 0.0833. The summed E-state index contributed by atoms with van der Waals surface area (Å²) in [6.45, 7) is 0. The second-order valence-electron chi connectivity index (χ2n) is 3.89. The molecule has 0 aliphatic rings. The Labute approximate surface area is 125 Å². The largest absolute Gasteiger partial charge is 0.478 e. The molecule has 0 amide bonds. The van der Waals surface area contributed by atoms with Crippen LogP contribution < -0.4 is 5.32 Å². The van der Waals surface area contributed by atoms with E-state index in [0.29, 0.717) is 16.4 Å². The number of hydrogen-bond donors (Lipinski definition) is 2. The van der Waals surface area contributed by atoms with Gasteiger partial charge in [-0.3, -0.25) is 0 Å². The number of carboxylic acid groups (broad SMARTS) is 1. The van der Waals surface area contributed by atoms with Gasteiger partial charge in [0.2, 0.25) is 5.95 Å². The molecule has 0 aliphatic carbocycles. The molecule has 9 heteroatoms. The molecule has 0 radical (unpaired) electrons. The lowest BCUT2D eigenvalue weighted by Crippen LogP contribution is -2.17. The predicted molar refractivity (Wildman–Crippen MR) is 71.4 cm³/mol. The first-order valence-electron chi connectivity index (χ1n) is 5.47. The summed E-state index contributed by atoms with van der Waals surface area (Å²) in [5, 5.41) is 11.3. The minimum Gasteiger partial charge on any atom is -0.478 e. The van der Waals surface area contributed by atoms with Gasteiger partial charge in [-0.05, 0) is 18.2 Å². The third-order valence-electron chi connectivity index (χ3n) is 2.37. The first-order valence-corrected chi connectivity index (χ1v) is 6.27. The van der Waals surface area contributed by atoms with Crippen molar-refractivity contribution in [3.05, 3.63) is 46.2 Å². The van der Waals surface area contributed by atoms with Crippen molar-refractivity contribution in [3.8, 4) is 0 Å². The van der Waals surface area contributed by atoms with Crippen LogP contribution in [0.4, 0.5) is 24.8 Å². The van der Waals surface area contributed by atoms with E-state index in [1.54, 1.807) is 24.3 Å². The zero-order chi connectivity index (χ0) is 15.6. The van der Waals surface area contributed by atoms with E-state index in [1.165, 1.54) is 0 Å². The van der Waals surface area contributed by atoms with Gasteiger partial charge in [-0.25, -0.2) is 14.8 Å². The summed E-state index contributed by atoms with van der Waals surface area (Å²) in [6.07, 6.45) is -4.26. The summed E-state index contributed by atoms with van der Waals surface area (Å²) in [6, 6.07) is 6.62. The van der Waals surface area contributed by atoms with Gasteiger partial charge < -0.3 is 10.4 Å². The average Bonchev–Trinajstić information content (AvgIpc) is 2.37. The van der Waals surface area contributed by atoms with Gasteiger partial charge >= 0.3 is 12.1 Å². The summed E-state index contributed by atoms with van der Waals surface area (Å²) in [5.41, 5.74) is -2.04. The van der Waals surface area contributed by atoms with Gasteiger partial charge in [-0.1, -0.05) is 22.0 Å². The maximum Gasteiger partial charge on any atom is 0.434 e. The van der Waals surface area contributed by atoms with Crippen LogP contribution in [0.1, 0.15) is 16.1 Å². The highest BCUT2D eigenvalue weighted by molar-refractivity contribution is 9.10. The Kier molecular flexibility index (Phi) is 4.12.